The molecule has 0 spiro atoms. The fraction of sp³-hybridized carbons (Fsp3) is 0.560. The van der Waals surface area contributed by atoms with Gasteiger partial charge in [-0.1, -0.05) is 19.3 Å². The lowest BCUT2D eigenvalue weighted by Gasteiger charge is -2.40. The van der Waals surface area contributed by atoms with Crippen LogP contribution in [0, 0.1) is 11.6 Å². The number of carbonyl (C=O) groups excluding carboxylic acids is 1. The average Bonchev–Trinajstić information content (AvgIpc) is 3.08. The summed E-state index contributed by atoms with van der Waals surface area (Å²) in [4.78, 5) is 12.5. The maximum Gasteiger partial charge on any atom is 0.407 e. The minimum Gasteiger partial charge on any atom is -0.444 e. The zero-order valence-corrected chi connectivity index (χ0v) is 24.1. The van der Waals surface area contributed by atoms with E-state index in [2.05, 4.69) is 48.6 Å². The van der Waals surface area contributed by atoms with Crippen LogP contribution in [-0.2, 0) is 16.7 Å². The van der Waals surface area contributed by atoms with Crippen LogP contribution in [0.15, 0.2) is 31.8 Å². The number of aliphatic hydroxyl groups is 1. The van der Waals surface area contributed by atoms with Crippen LogP contribution in [0.3, 0.4) is 0 Å². The summed E-state index contributed by atoms with van der Waals surface area (Å²) < 4.78 is 35.0. The van der Waals surface area contributed by atoms with Gasteiger partial charge in [0.05, 0.1) is 19.7 Å². The van der Waals surface area contributed by atoms with Crippen molar-refractivity contribution in [3.8, 4) is 0 Å². The molecular weight excluding hydrogens is 606 g/mol. The summed E-state index contributed by atoms with van der Waals surface area (Å²) in [6, 6.07) is 4.48. The molecule has 1 aromatic carbocycles. The molecule has 1 aliphatic rings. The molecule has 1 heterocycles. The molecule has 2 aromatic rings. The van der Waals surface area contributed by atoms with Crippen LogP contribution in [0.25, 0.3) is 0 Å². The zero-order chi connectivity index (χ0) is 25.8. The van der Waals surface area contributed by atoms with Crippen molar-refractivity contribution in [1.29, 1.82) is 0 Å². The third kappa shape index (κ3) is 8.21. The van der Waals surface area contributed by atoms with Gasteiger partial charge in [0.25, 0.3) is 0 Å². The maximum absolute atomic E-state index is 13.8. The number of ether oxygens (including phenoxy) is 1. The third-order valence-electron chi connectivity index (χ3n) is 6.07. The van der Waals surface area contributed by atoms with Crippen molar-refractivity contribution in [3.05, 3.63) is 54.6 Å². The van der Waals surface area contributed by atoms with Crippen molar-refractivity contribution < 1.29 is 23.4 Å². The van der Waals surface area contributed by atoms with E-state index in [1.807, 2.05) is 0 Å². The monoisotopic (exact) mass is 636 g/mol. The van der Waals surface area contributed by atoms with E-state index >= 15 is 0 Å². The summed E-state index contributed by atoms with van der Waals surface area (Å²) in [5, 5.41) is 17.5. The largest absolute Gasteiger partial charge is 0.444 e. The summed E-state index contributed by atoms with van der Waals surface area (Å²) in [7, 11) is 0. The fourth-order valence-corrected chi connectivity index (χ4v) is 7.63. The molecule has 0 unspecified atom stereocenters. The van der Waals surface area contributed by atoms with E-state index in [-0.39, 0.29) is 18.5 Å². The molecule has 1 aromatic heterocycles. The van der Waals surface area contributed by atoms with Crippen molar-refractivity contribution in [2.45, 2.75) is 82.6 Å². The molecular formula is C25H32Br2F2N2O3S. The molecule has 0 saturated heterocycles. The Morgan fingerprint density at radius 3 is 2.31 bits per heavy atom. The van der Waals surface area contributed by atoms with Crippen LogP contribution in [-0.4, -0.2) is 35.5 Å². The summed E-state index contributed by atoms with van der Waals surface area (Å²) in [6.45, 7) is 5.40. The van der Waals surface area contributed by atoms with Crippen molar-refractivity contribution in [3.63, 3.8) is 0 Å². The number of aliphatic hydroxyl groups excluding tert-OH is 1. The molecule has 1 saturated carbocycles. The summed E-state index contributed by atoms with van der Waals surface area (Å²) in [5.74, 6) is -1.42. The van der Waals surface area contributed by atoms with E-state index in [0.717, 1.165) is 51.3 Å². The Bertz CT molecular complexity index is 1000. The number of alkyl carbamates (subject to hydrolysis) is 1. The van der Waals surface area contributed by atoms with Crippen LogP contribution in [0.4, 0.5) is 13.6 Å². The smallest absolute Gasteiger partial charge is 0.407 e. The molecule has 194 valence electrons. The highest BCUT2D eigenvalue weighted by molar-refractivity contribution is 9.12. The Labute approximate surface area is 226 Å². The van der Waals surface area contributed by atoms with Crippen LogP contribution in [0.1, 0.15) is 64.0 Å². The Kier molecular flexibility index (Phi) is 9.76. The molecule has 1 amide bonds. The number of carbonyl (C=O) groups is 1. The number of hydrogen-bond donors (Lipinski definition) is 3. The number of halogens is 4. The lowest BCUT2D eigenvalue weighted by atomic mass is 9.77. The number of benzene rings is 1. The van der Waals surface area contributed by atoms with Gasteiger partial charge >= 0.3 is 6.09 Å². The second kappa shape index (κ2) is 12.0. The first-order valence-corrected chi connectivity index (χ1v) is 14.1. The molecule has 0 bridgehead atoms. The third-order valence-corrected chi connectivity index (χ3v) is 8.41. The fourth-order valence-electron chi connectivity index (χ4n) is 4.53. The van der Waals surface area contributed by atoms with Crippen molar-refractivity contribution in [1.82, 2.24) is 10.6 Å². The van der Waals surface area contributed by atoms with Gasteiger partial charge in [0.1, 0.15) is 17.2 Å². The van der Waals surface area contributed by atoms with Gasteiger partial charge in [-0.3, -0.25) is 0 Å². The van der Waals surface area contributed by atoms with E-state index in [9.17, 15) is 18.7 Å². The van der Waals surface area contributed by atoms with E-state index < -0.39 is 35.5 Å². The van der Waals surface area contributed by atoms with Crippen LogP contribution in [0.2, 0.25) is 0 Å². The predicted octanol–water partition coefficient (Wildman–Crippen LogP) is 6.80. The molecule has 1 aliphatic carbocycles. The van der Waals surface area contributed by atoms with Gasteiger partial charge in [0.15, 0.2) is 0 Å². The molecule has 3 rings (SSSR count). The molecule has 35 heavy (non-hydrogen) atoms. The molecule has 5 nitrogen and oxygen atoms in total. The van der Waals surface area contributed by atoms with Crippen molar-refractivity contribution in [2.24, 2.45) is 0 Å². The molecule has 2 atom stereocenters. The van der Waals surface area contributed by atoms with Gasteiger partial charge in [-0.15, -0.1) is 11.3 Å². The number of thiophene rings is 1. The highest BCUT2D eigenvalue weighted by atomic mass is 79.9. The summed E-state index contributed by atoms with van der Waals surface area (Å²) >= 11 is 8.86. The summed E-state index contributed by atoms with van der Waals surface area (Å²) in [6.07, 6.45) is 3.42. The van der Waals surface area contributed by atoms with Gasteiger partial charge in [0.2, 0.25) is 0 Å². The normalized spacial score (nSPS) is 17.6. The lowest BCUT2D eigenvalue weighted by molar-refractivity contribution is 0.0408. The van der Waals surface area contributed by atoms with E-state index in [1.165, 1.54) is 12.1 Å². The van der Waals surface area contributed by atoms with Gasteiger partial charge < -0.3 is 20.5 Å². The molecule has 0 aliphatic heterocycles. The Balaban J connectivity index is 1.80. The topological polar surface area (TPSA) is 70.6 Å². The van der Waals surface area contributed by atoms with Crippen molar-refractivity contribution in [2.75, 3.05) is 6.54 Å². The van der Waals surface area contributed by atoms with Crippen LogP contribution < -0.4 is 10.6 Å². The summed E-state index contributed by atoms with van der Waals surface area (Å²) in [5.41, 5.74) is 0.430. The quantitative estimate of drug-likeness (QED) is 0.298. The Hall–Kier alpha value is -1.07. The number of amides is 1. The Morgan fingerprint density at radius 1 is 1.14 bits per heavy atom. The predicted molar refractivity (Wildman–Crippen MR) is 142 cm³/mol. The highest BCUT2D eigenvalue weighted by Gasteiger charge is 2.37. The molecule has 0 radical (unpaired) electrons. The number of rotatable bonds is 8. The van der Waals surface area contributed by atoms with Gasteiger partial charge in [-0.2, -0.15) is 0 Å². The second-order valence-electron chi connectivity index (χ2n) is 10.1. The SMILES string of the molecule is CC(C)(C)OC(=O)N[C@@H](Cc1cc(F)cc(F)c1)[C@H](O)CNC1(c2cc(Br)sc2Br)CCCCC1. The highest BCUT2D eigenvalue weighted by Crippen LogP contribution is 2.45. The average molecular weight is 638 g/mol. The molecule has 1 fully saturated rings. The second-order valence-corrected chi connectivity index (χ2v) is 13.8. The first-order chi connectivity index (χ1) is 16.4. The minimum atomic E-state index is -1.03. The molecule has 3 N–H and O–H groups in total. The van der Waals surface area contributed by atoms with Gasteiger partial charge in [0, 0.05) is 18.2 Å². The zero-order valence-electron chi connectivity index (χ0n) is 20.1. The van der Waals surface area contributed by atoms with Crippen LogP contribution in [0.5, 0.6) is 0 Å². The van der Waals surface area contributed by atoms with Gasteiger partial charge in [-0.25, -0.2) is 13.6 Å². The van der Waals surface area contributed by atoms with E-state index in [0.29, 0.717) is 5.56 Å². The Morgan fingerprint density at radius 2 is 1.77 bits per heavy atom. The van der Waals surface area contributed by atoms with E-state index in [4.69, 9.17) is 4.74 Å². The first-order valence-electron chi connectivity index (χ1n) is 11.7. The van der Waals surface area contributed by atoms with Crippen LogP contribution >= 0.6 is 43.2 Å². The van der Waals surface area contributed by atoms with E-state index in [1.54, 1.807) is 32.1 Å². The first kappa shape index (κ1) is 28.5. The standard InChI is InChI=1S/C25H32Br2F2N2O3S/c1-24(2,3)34-23(33)31-19(11-15-9-16(28)12-17(29)10-15)20(32)14-30-25(7-5-4-6-8-25)18-13-21(26)35-22(18)27/h9-10,12-13,19-20,30,32H,4-8,11,14H2,1-3H3,(H,31,33)/t19-,20+/m0/s1. The maximum atomic E-state index is 13.8. The van der Waals surface area contributed by atoms with Gasteiger partial charge in [-0.05, 0) is 101 Å². The lowest BCUT2D eigenvalue weighted by Crippen LogP contribution is -2.53. The number of nitrogens with one attached hydrogen (secondary N) is 2. The molecule has 10 heteroatoms. The number of hydrogen-bond acceptors (Lipinski definition) is 5. The minimum absolute atomic E-state index is 0.0391. The van der Waals surface area contributed by atoms with Crippen molar-refractivity contribution >= 4 is 49.3 Å².